The molecule has 1 N–H and O–H groups in total. The molecule has 1 amide bonds. The number of nitrogens with zero attached hydrogens (tertiary/aromatic N) is 5. The molecule has 3 unspecified atom stereocenters. The molecule has 4 heterocycles. The van der Waals surface area contributed by atoms with Gasteiger partial charge < -0.3 is 24.8 Å². The predicted molar refractivity (Wildman–Crippen MR) is 146 cm³/mol. The third-order valence-electron chi connectivity index (χ3n) is 7.88. The summed E-state index contributed by atoms with van der Waals surface area (Å²) in [7, 11) is 0. The van der Waals surface area contributed by atoms with Crippen molar-refractivity contribution in [3.8, 4) is 0 Å². The minimum atomic E-state index is -0.610. The van der Waals surface area contributed by atoms with Crippen LogP contribution in [0.3, 0.4) is 0 Å². The number of ether oxygens (including phenoxy) is 1. The molecule has 10 heteroatoms. The number of carbonyl (C=O) groups excluding carboxylic acids is 1. The fourth-order valence-electron chi connectivity index (χ4n) is 6.23. The minimum Gasteiger partial charge on any atom is -0.378 e. The van der Waals surface area contributed by atoms with E-state index < -0.39 is 11.6 Å². The molecule has 3 aliphatic rings. The second-order valence-corrected chi connectivity index (χ2v) is 10.9. The van der Waals surface area contributed by atoms with Gasteiger partial charge in [-0.1, -0.05) is 0 Å². The van der Waals surface area contributed by atoms with Gasteiger partial charge in [-0.2, -0.15) is 0 Å². The van der Waals surface area contributed by atoms with Crippen LogP contribution in [0.1, 0.15) is 48.7 Å². The Balaban J connectivity index is 1.45. The smallest absolute Gasteiger partial charge is 0.254 e. The number of halogens is 2. The molecule has 3 saturated heterocycles. The van der Waals surface area contributed by atoms with Gasteiger partial charge in [0.25, 0.3) is 5.91 Å². The fourth-order valence-corrected chi connectivity index (χ4v) is 6.23. The Labute approximate surface area is 227 Å². The van der Waals surface area contributed by atoms with Crippen LogP contribution in [0.15, 0.2) is 36.5 Å². The van der Waals surface area contributed by atoms with E-state index in [0.717, 1.165) is 43.4 Å². The summed E-state index contributed by atoms with van der Waals surface area (Å²) in [6.07, 6.45) is 3.39. The van der Waals surface area contributed by atoms with E-state index in [2.05, 4.69) is 24.1 Å². The van der Waals surface area contributed by atoms with Crippen LogP contribution in [0.5, 0.6) is 0 Å². The molecule has 8 nitrogen and oxygen atoms in total. The Hall–Kier alpha value is -3.37. The minimum absolute atomic E-state index is 0.0428. The molecular formula is C29H34F2N6O2. The van der Waals surface area contributed by atoms with Crippen LogP contribution in [0.4, 0.5) is 20.3 Å². The van der Waals surface area contributed by atoms with Gasteiger partial charge in [0, 0.05) is 67.7 Å². The molecule has 0 radical (unpaired) electrons. The highest BCUT2D eigenvalue weighted by Crippen LogP contribution is 2.40. The average Bonchev–Trinajstić information content (AvgIpc) is 3.41. The van der Waals surface area contributed by atoms with Crippen molar-refractivity contribution in [1.29, 1.82) is 0 Å². The number of hydrogen-bond donors (Lipinski definition) is 1. The second kappa shape index (κ2) is 10.7. The Morgan fingerprint density at radius 3 is 2.44 bits per heavy atom. The number of piperazine rings is 1. The zero-order valence-electron chi connectivity index (χ0n) is 22.4. The van der Waals surface area contributed by atoms with Gasteiger partial charge >= 0.3 is 0 Å². The van der Waals surface area contributed by atoms with Gasteiger partial charge in [-0.05, 0) is 51.0 Å². The highest BCUT2D eigenvalue weighted by molar-refractivity contribution is 5.98. The highest BCUT2D eigenvalue weighted by atomic mass is 19.1. The molecule has 39 heavy (non-hydrogen) atoms. The second-order valence-electron chi connectivity index (χ2n) is 10.9. The molecule has 206 valence electrons. The van der Waals surface area contributed by atoms with E-state index in [1.165, 1.54) is 12.1 Å². The van der Waals surface area contributed by atoms with Crippen LogP contribution in [0.25, 0.3) is 11.0 Å². The van der Waals surface area contributed by atoms with E-state index in [1.807, 2.05) is 21.9 Å². The van der Waals surface area contributed by atoms with Gasteiger partial charge in [-0.15, -0.1) is 0 Å². The number of amides is 1. The first-order valence-corrected chi connectivity index (χ1v) is 13.8. The maximum atomic E-state index is 14.2. The fraction of sp³-hybridized carbons (Fsp3) is 0.483. The monoisotopic (exact) mass is 536 g/mol. The van der Waals surface area contributed by atoms with Gasteiger partial charge in [0.15, 0.2) is 0 Å². The predicted octanol–water partition coefficient (Wildman–Crippen LogP) is 3.91. The van der Waals surface area contributed by atoms with E-state index in [1.54, 1.807) is 6.20 Å². The number of rotatable bonds is 4. The van der Waals surface area contributed by atoms with Crippen molar-refractivity contribution in [1.82, 2.24) is 20.2 Å². The maximum absolute atomic E-state index is 14.2. The molecule has 0 saturated carbocycles. The van der Waals surface area contributed by atoms with Crippen LogP contribution in [0, 0.1) is 11.6 Å². The molecule has 2 aromatic carbocycles. The van der Waals surface area contributed by atoms with Crippen molar-refractivity contribution in [3.63, 3.8) is 0 Å². The highest BCUT2D eigenvalue weighted by Gasteiger charge is 2.32. The van der Waals surface area contributed by atoms with Crippen LogP contribution in [-0.2, 0) is 4.74 Å². The summed E-state index contributed by atoms with van der Waals surface area (Å²) < 4.78 is 33.9. The van der Waals surface area contributed by atoms with E-state index >= 15 is 0 Å². The lowest BCUT2D eigenvalue weighted by atomic mass is 9.98. The van der Waals surface area contributed by atoms with E-state index in [0.29, 0.717) is 55.1 Å². The van der Waals surface area contributed by atoms with Crippen molar-refractivity contribution < 1.29 is 18.3 Å². The number of hydrogen-bond acceptors (Lipinski definition) is 7. The van der Waals surface area contributed by atoms with Crippen molar-refractivity contribution in [3.05, 3.63) is 59.3 Å². The van der Waals surface area contributed by atoms with Gasteiger partial charge in [0.1, 0.15) is 17.5 Å². The third-order valence-corrected chi connectivity index (χ3v) is 7.88. The molecule has 3 fully saturated rings. The lowest BCUT2D eigenvalue weighted by Gasteiger charge is -2.36. The van der Waals surface area contributed by atoms with E-state index in [-0.39, 0.29) is 24.0 Å². The Morgan fingerprint density at radius 1 is 1.00 bits per heavy atom. The van der Waals surface area contributed by atoms with Gasteiger partial charge in [0.2, 0.25) is 0 Å². The van der Waals surface area contributed by atoms with Gasteiger partial charge in [0.05, 0.1) is 36.5 Å². The number of anilines is 2. The summed E-state index contributed by atoms with van der Waals surface area (Å²) in [5, 5.41) is 3.47. The van der Waals surface area contributed by atoms with Crippen molar-refractivity contribution >= 4 is 28.4 Å². The van der Waals surface area contributed by atoms with Crippen LogP contribution in [0.2, 0.25) is 0 Å². The van der Waals surface area contributed by atoms with Crippen LogP contribution < -0.4 is 15.1 Å². The number of morpholine rings is 1. The topological polar surface area (TPSA) is 73.8 Å². The van der Waals surface area contributed by atoms with Crippen molar-refractivity contribution in [2.24, 2.45) is 0 Å². The summed E-state index contributed by atoms with van der Waals surface area (Å²) >= 11 is 0. The molecule has 3 atom stereocenters. The van der Waals surface area contributed by atoms with Crippen LogP contribution >= 0.6 is 0 Å². The lowest BCUT2D eigenvalue weighted by Crippen LogP contribution is -2.55. The molecule has 6 rings (SSSR count). The van der Waals surface area contributed by atoms with Crippen molar-refractivity contribution in [2.45, 2.75) is 44.8 Å². The zero-order chi connectivity index (χ0) is 27.1. The summed E-state index contributed by atoms with van der Waals surface area (Å²) in [6.45, 7) is 8.76. The van der Waals surface area contributed by atoms with E-state index in [9.17, 15) is 13.6 Å². The lowest BCUT2D eigenvalue weighted by molar-refractivity contribution is 0.0674. The summed E-state index contributed by atoms with van der Waals surface area (Å²) in [6, 6.07) is 7.58. The molecule has 3 aromatic rings. The first-order valence-electron chi connectivity index (χ1n) is 13.8. The summed E-state index contributed by atoms with van der Waals surface area (Å²) in [4.78, 5) is 29.6. The maximum Gasteiger partial charge on any atom is 0.254 e. The quantitative estimate of drug-likeness (QED) is 0.542. The summed E-state index contributed by atoms with van der Waals surface area (Å²) in [5.41, 5.74) is 3.26. The average molecular weight is 537 g/mol. The molecule has 0 aliphatic carbocycles. The molecule has 3 aliphatic heterocycles. The zero-order valence-corrected chi connectivity index (χ0v) is 22.4. The number of carbonyl (C=O) groups is 1. The Kier molecular flexibility index (Phi) is 7.07. The first-order chi connectivity index (χ1) is 18.9. The van der Waals surface area contributed by atoms with E-state index in [4.69, 9.17) is 14.7 Å². The Morgan fingerprint density at radius 2 is 1.72 bits per heavy atom. The van der Waals surface area contributed by atoms with Gasteiger partial charge in [-0.3, -0.25) is 9.78 Å². The number of benzene rings is 2. The summed E-state index contributed by atoms with van der Waals surface area (Å²) in [5.74, 6) is -0.502. The SMILES string of the molecule is CC1CN(C(=O)c2cc(C3CCCN3c3cc(F)cc(F)c3)c3nc(N4CCOCC4)cnc3c2)CC(C)N1. The standard InChI is InChI=1S/C29H34F2N6O2/c1-18-16-36(17-19(2)33-18)29(38)20-10-24(26-4-3-5-37(26)23-13-21(30)12-22(31)14-23)28-25(11-20)32-15-27(34-28)35-6-8-39-9-7-35/h10-15,18-19,26,33H,3-9,16-17H2,1-2H3. The molecule has 0 spiro atoms. The number of aromatic nitrogens is 2. The van der Waals surface area contributed by atoms with Crippen LogP contribution in [-0.4, -0.2) is 78.8 Å². The molecule has 0 bridgehead atoms. The Bertz CT molecular complexity index is 1350. The molecular weight excluding hydrogens is 502 g/mol. The number of nitrogens with one attached hydrogen (secondary N) is 1. The normalized spacial score (nSPS) is 24.0. The third kappa shape index (κ3) is 5.27. The number of fused-ring (bicyclic) bond motifs is 1. The van der Waals surface area contributed by atoms with Gasteiger partial charge in [-0.25, -0.2) is 13.8 Å². The molecule has 1 aromatic heterocycles. The van der Waals surface area contributed by atoms with Crippen molar-refractivity contribution in [2.75, 3.05) is 55.7 Å². The first kappa shape index (κ1) is 25.9. The largest absolute Gasteiger partial charge is 0.378 e.